The van der Waals surface area contributed by atoms with Gasteiger partial charge in [-0.1, -0.05) is 6.07 Å². The Morgan fingerprint density at radius 2 is 1.94 bits per heavy atom. The minimum atomic E-state index is -3.60. The Kier molecular flexibility index (Phi) is 6.13. The van der Waals surface area contributed by atoms with Crippen LogP contribution in [0.4, 0.5) is 5.82 Å². The molecular weight excluding hydrogens is 446 g/mol. The van der Waals surface area contributed by atoms with Crippen molar-refractivity contribution >= 4 is 43.1 Å². The Morgan fingerprint density at radius 1 is 1.19 bits per heavy atom. The van der Waals surface area contributed by atoms with Gasteiger partial charge in [-0.15, -0.1) is 11.3 Å². The predicted octanol–water partition coefficient (Wildman–Crippen LogP) is 2.85. The van der Waals surface area contributed by atoms with Gasteiger partial charge in [-0.25, -0.2) is 18.4 Å². The number of thiazole rings is 1. The second kappa shape index (κ2) is 8.84. The number of carbonyl (C=O) groups is 1. The maximum atomic E-state index is 12.9. The zero-order chi connectivity index (χ0) is 22.9. The number of fused-ring (bicyclic) bond motifs is 1. The number of aromatic nitrogens is 2. The molecule has 8 nitrogen and oxygen atoms in total. The monoisotopic (exact) mass is 469 g/mol. The molecule has 0 N–H and O–H groups in total. The van der Waals surface area contributed by atoms with Gasteiger partial charge in [0.25, 0.3) is 0 Å². The molecule has 1 aliphatic rings. The van der Waals surface area contributed by atoms with Crippen molar-refractivity contribution in [3.63, 3.8) is 0 Å². The highest BCUT2D eigenvalue weighted by Gasteiger charge is 2.33. The fraction of sp³-hybridized carbons (Fsp3) is 0.364. The number of carbonyl (C=O) groups excluding carboxylic acids is 1. The molecule has 0 saturated carbocycles. The van der Waals surface area contributed by atoms with E-state index in [-0.39, 0.29) is 35.1 Å². The molecule has 0 unspecified atom stereocenters. The molecule has 4 rings (SSSR count). The molecule has 1 aromatic carbocycles. The van der Waals surface area contributed by atoms with Gasteiger partial charge in [0.1, 0.15) is 11.9 Å². The zero-order valence-corrected chi connectivity index (χ0v) is 19.4. The molecule has 3 aromatic rings. The van der Waals surface area contributed by atoms with Gasteiger partial charge in [0.2, 0.25) is 5.91 Å². The number of amides is 1. The third-order valence-electron chi connectivity index (χ3n) is 5.65. The highest BCUT2D eigenvalue weighted by atomic mass is 32.2. The molecule has 0 spiro atoms. The number of hydrogen-bond donors (Lipinski definition) is 0. The van der Waals surface area contributed by atoms with Crippen molar-refractivity contribution in [3.05, 3.63) is 47.6 Å². The highest BCUT2D eigenvalue weighted by molar-refractivity contribution is 7.91. The van der Waals surface area contributed by atoms with Crippen LogP contribution < -0.4 is 4.90 Å². The summed E-state index contributed by atoms with van der Waals surface area (Å²) in [6.07, 6.45) is 1.48. The molecule has 1 saturated heterocycles. The van der Waals surface area contributed by atoms with Crippen LogP contribution in [0.2, 0.25) is 0 Å². The third kappa shape index (κ3) is 4.31. The quantitative estimate of drug-likeness (QED) is 0.565. The van der Waals surface area contributed by atoms with E-state index in [1.807, 2.05) is 19.9 Å². The van der Waals surface area contributed by atoms with Gasteiger partial charge in [0, 0.05) is 37.8 Å². The van der Waals surface area contributed by atoms with Gasteiger partial charge in [-0.2, -0.15) is 5.26 Å². The lowest BCUT2D eigenvalue weighted by Crippen LogP contribution is -2.58. The second-order valence-electron chi connectivity index (χ2n) is 7.95. The van der Waals surface area contributed by atoms with Crippen LogP contribution in [0.3, 0.4) is 0 Å². The van der Waals surface area contributed by atoms with E-state index in [9.17, 15) is 13.2 Å². The first-order chi connectivity index (χ1) is 15.3. The number of rotatable bonds is 5. The van der Waals surface area contributed by atoms with Crippen molar-refractivity contribution in [2.24, 2.45) is 0 Å². The standard InChI is InChI=1S/C22H23N5O3S2/c1-15-12-26(13-16(2)27(15)20-7-6-17(10-23)11-24-20)21(28)8-9-32(29,30)19-5-3-4-18-22(19)31-14-25-18/h3-7,11,14-16H,8-9,12-13H2,1-2H3/t15-,16-/m1/s1. The summed E-state index contributed by atoms with van der Waals surface area (Å²) in [7, 11) is -3.60. The molecule has 0 radical (unpaired) electrons. The molecule has 1 amide bonds. The number of nitrogens with zero attached hydrogens (tertiary/aromatic N) is 5. The summed E-state index contributed by atoms with van der Waals surface area (Å²) in [4.78, 5) is 25.6. The molecule has 32 heavy (non-hydrogen) atoms. The SMILES string of the molecule is C[C@@H]1CN(C(=O)CCS(=O)(=O)c2cccc3ncsc23)C[C@@H](C)N1c1ccc(C#N)cn1. The number of nitriles is 1. The molecule has 3 heterocycles. The van der Waals surface area contributed by atoms with Gasteiger partial charge >= 0.3 is 0 Å². The topological polar surface area (TPSA) is 107 Å². The predicted molar refractivity (Wildman–Crippen MR) is 123 cm³/mol. The summed E-state index contributed by atoms with van der Waals surface area (Å²) in [6, 6.07) is 10.7. The number of benzene rings is 1. The Labute approximate surface area is 191 Å². The lowest BCUT2D eigenvalue weighted by molar-refractivity contribution is -0.132. The average Bonchev–Trinajstić information content (AvgIpc) is 3.26. The largest absolute Gasteiger partial charge is 0.348 e. The molecule has 1 fully saturated rings. The molecular formula is C22H23N5O3S2. The van der Waals surface area contributed by atoms with E-state index in [0.29, 0.717) is 28.9 Å². The Balaban J connectivity index is 1.42. The lowest BCUT2D eigenvalue weighted by Gasteiger charge is -2.45. The molecule has 10 heteroatoms. The fourth-order valence-corrected chi connectivity index (χ4v) is 6.74. The summed E-state index contributed by atoms with van der Waals surface area (Å²) in [5, 5.41) is 8.97. The van der Waals surface area contributed by atoms with Crippen LogP contribution in [0.25, 0.3) is 10.2 Å². The van der Waals surface area contributed by atoms with Gasteiger partial charge < -0.3 is 9.80 Å². The number of piperazine rings is 1. The normalized spacial score (nSPS) is 19.2. The molecule has 166 valence electrons. The molecule has 0 bridgehead atoms. The van der Waals surface area contributed by atoms with Crippen molar-refractivity contribution in [1.29, 1.82) is 5.26 Å². The smallest absolute Gasteiger partial charge is 0.223 e. The van der Waals surface area contributed by atoms with E-state index in [0.717, 1.165) is 5.82 Å². The van der Waals surface area contributed by atoms with E-state index >= 15 is 0 Å². The van der Waals surface area contributed by atoms with Crippen molar-refractivity contribution < 1.29 is 13.2 Å². The third-order valence-corrected chi connectivity index (χ3v) is 8.41. The highest BCUT2D eigenvalue weighted by Crippen LogP contribution is 2.28. The van der Waals surface area contributed by atoms with Gasteiger partial charge in [0.05, 0.1) is 31.9 Å². The zero-order valence-electron chi connectivity index (χ0n) is 17.8. The summed E-state index contributed by atoms with van der Waals surface area (Å²) in [5.74, 6) is 0.357. The van der Waals surface area contributed by atoms with E-state index in [2.05, 4.69) is 20.9 Å². The van der Waals surface area contributed by atoms with Crippen molar-refractivity contribution in [2.45, 2.75) is 37.2 Å². The molecule has 2 aromatic heterocycles. The van der Waals surface area contributed by atoms with E-state index in [4.69, 9.17) is 5.26 Å². The molecule has 0 aliphatic carbocycles. The molecule has 2 atom stereocenters. The Hall–Kier alpha value is -3.03. The Morgan fingerprint density at radius 3 is 2.59 bits per heavy atom. The maximum absolute atomic E-state index is 12.9. The minimum absolute atomic E-state index is 0.00526. The fourth-order valence-electron chi connectivity index (χ4n) is 4.18. The van der Waals surface area contributed by atoms with Gasteiger partial charge in [0.15, 0.2) is 9.84 Å². The van der Waals surface area contributed by atoms with Crippen molar-refractivity contribution in [3.8, 4) is 6.07 Å². The number of anilines is 1. The van der Waals surface area contributed by atoms with Gasteiger partial charge in [-0.05, 0) is 38.1 Å². The molecule has 1 aliphatic heterocycles. The number of pyridine rings is 1. The van der Waals surface area contributed by atoms with Crippen LogP contribution in [-0.4, -0.2) is 60.1 Å². The minimum Gasteiger partial charge on any atom is -0.348 e. The number of sulfone groups is 1. The first-order valence-corrected chi connectivity index (χ1v) is 12.8. The van der Waals surface area contributed by atoms with E-state index < -0.39 is 9.84 Å². The second-order valence-corrected chi connectivity index (χ2v) is 10.9. The van der Waals surface area contributed by atoms with Crippen molar-refractivity contribution in [1.82, 2.24) is 14.9 Å². The van der Waals surface area contributed by atoms with E-state index in [1.54, 1.807) is 40.9 Å². The van der Waals surface area contributed by atoms with Crippen LogP contribution in [0.5, 0.6) is 0 Å². The van der Waals surface area contributed by atoms with Crippen molar-refractivity contribution in [2.75, 3.05) is 23.7 Å². The summed E-state index contributed by atoms with van der Waals surface area (Å²) in [6.45, 7) is 4.98. The lowest BCUT2D eigenvalue weighted by atomic mass is 10.1. The first-order valence-electron chi connectivity index (χ1n) is 10.3. The number of hydrogen-bond acceptors (Lipinski definition) is 8. The Bertz CT molecular complexity index is 1270. The van der Waals surface area contributed by atoms with Crippen LogP contribution >= 0.6 is 11.3 Å². The average molecular weight is 470 g/mol. The summed E-state index contributed by atoms with van der Waals surface area (Å²) >= 11 is 1.29. The van der Waals surface area contributed by atoms with Crippen LogP contribution in [-0.2, 0) is 14.6 Å². The summed E-state index contributed by atoms with van der Waals surface area (Å²) in [5.41, 5.74) is 2.77. The van der Waals surface area contributed by atoms with Crippen LogP contribution in [0, 0.1) is 11.3 Å². The first kappa shape index (κ1) is 22.2. The van der Waals surface area contributed by atoms with Crippen LogP contribution in [0.1, 0.15) is 25.8 Å². The maximum Gasteiger partial charge on any atom is 0.223 e. The summed E-state index contributed by atoms with van der Waals surface area (Å²) < 4.78 is 26.5. The van der Waals surface area contributed by atoms with Gasteiger partial charge in [-0.3, -0.25) is 4.79 Å². The van der Waals surface area contributed by atoms with Crippen LogP contribution in [0.15, 0.2) is 46.9 Å². The van der Waals surface area contributed by atoms with E-state index in [1.165, 1.54) is 11.3 Å².